The van der Waals surface area contributed by atoms with Gasteiger partial charge in [-0.15, -0.1) is 10.2 Å². The molecule has 1 amide bonds. The van der Waals surface area contributed by atoms with Crippen molar-refractivity contribution in [1.29, 1.82) is 0 Å². The molecule has 0 fully saturated rings. The number of aromatic amines is 1. The van der Waals surface area contributed by atoms with E-state index in [1.807, 2.05) is 60.7 Å². The molecule has 2 aromatic carbocycles. The van der Waals surface area contributed by atoms with Gasteiger partial charge in [-0.1, -0.05) is 59.9 Å². The predicted molar refractivity (Wildman–Crippen MR) is 104 cm³/mol. The molecule has 0 saturated heterocycles. The van der Waals surface area contributed by atoms with Crippen molar-refractivity contribution in [2.75, 3.05) is 5.32 Å². The van der Waals surface area contributed by atoms with Crippen molar-refractivity contribution in [3.8, 4) is 16.3 Å². The van der Waals surface area contributed by atoms with Gasteiger partial charge in [0.05, 0.1) is 0 Å². The van der Waals surface area contributed by atoms with Gasteiger partial charge in [0.2, 0.25) is 5.13 Å². The second-order valence-corrected chi connectivity index (χ2v) is 6.75. The van der Waals surface area contributed by atoms with Gasteiger partial charge in [-0.25, -0.2) is 0 Å². The van der Waals surface area contributed by atoms with Gasteiger partial charge in [0.1, 0.15) is 10.7 Å². The highest BCUT2D eigenvalue weighted by molar-refractivity contribution is 7.71. The number of para-hydroxylation sites is 1. The van der Waals surface area contributed by atoms with Crippen LogP contribution in [0.1, 0.15) is 10.5 Å². The number of hydrogen-bond acceptors (Lipinski definition) is 5. The third-order valence-electron chi connectivity index (χ3n) is 3.69. The Morgan fingerprint density at radius 3 is 2.46 bits per heavy atom. The molecule has 4 aromatic rings. The summed E-state index contributed by atoms with van der Waals surface area (Å²) >= 11 is 6.63. The van der Waals surface area contributed by atoms with Gasteiger partial charge >= 0.3 is 0 Å². The van der Waals surface area contributed by atoms with Crippen molar-refractivity contribution in [1.82, 2.24) is 19.7 Å². The summed E-state index contributed by atoms with van der Waals surface area (Å²) in [5.74, 6) is -0.308. The summed E-state index contributed by atoms with van der Waals surface area (Å²) < 4.78 is 2.13. The number of hydrogen-bond donors (Lipinski definition) is 2. The number of H-pyrrole nitrogens is 1. The van der Waals surface area contributed by atoms with Crippen LogP contribution in [0.4, 0.5) is 5.13 Å². The van der Waals surface area contributed by atoms with Gasteiger partial charge in [-0.3, -0.25) is 14.7 Å². The summed E-state index contributed by atoms with van der Waals surface area (Å²) in [6.07, 6.45) is 1.59. The topological polar surface area (TPSA) is 75.6 Å². The lowest BCUT2D eigenvalue weighted by Crippen LogP contribution is -2.16. The van der Waals surface area contributed by atoms with E-state index in [2.05, 4.69) is 20.5 Å². The number of anilines is 1. The molecule has 128 valence electrons. The molecule has 2 aromatic heterocycles. The first-order valence-corrected chi connectivity index (χ1v) is 9.01. The van der Waals surface area contributed by atoms with E-state index in [1.54, 1.807) is 10.8 Å². The van der Waals surface area contributed by atoms with E-state index in [9.17, 15) is 4.79 Å². The number of carbonyl (C=O) groups excluding carboxylic acids is 1. The van der Waals surface area contributed by atoms with E-state index < -0.39 is 0 Å². The zero-order valence-electron chi connectivity index (χ0n) is 13.4. The van der Waals surface area contributed by atoms with Crippen molar-refractivity contribution in [3.63, 3.8) is 0 Å². The Morgan fingerprint density at radius 1 is 1.04 bits per heavy atom. The summed E-state index contributed by atoms with van der Waals surface area (Å²) in [5.41, 5.74) is 2.17. The minimum Gasteiger partial charge on any atom is -0.336 e. The van der Waals surface area contributed by atoms with Crippen LogP contribution in [0.5, 0.6) is 0 Å². The van der Waals surface area contributed by atoms with Gasteiger partial charge in [0.25, 0.3) is 5.91 Å². The van der Waals surface area contributed by atoms with E-state index in [4.69, 9.17) is 12.2 Å². The standard InChI is InChI=1S/C18H13N5OS2/c24-15(14-11-19-18(25)23(14)13-9-5-2-6-10-13)20-17-22-21-16(26-17)12-7-3-1-4-8-12/h1-11H,(H,19,25)(H,20,22,24). The van der Waals surface area contributed by atoms with Crippen molar-refractivity contribution >= 4 is 34.6 Å². The molecule has 2 N–H and O–H groups in total. The van der Waals surface area contributed by atoms with Crippen molar-refractivity contribution < 1.29 is 4.79 Å². The van der Waals surface area contributed by atoms with Gasteiger partial charge in [0, 0.05) is 17.4 Å². The van der Waals surface area contributed by atoms with Crippen LogP contribution in [0.15, 0.2) is 66.9 Å². The van der Waals surface area contributed by atoms with E-state index in [0.29, 0.717) is 15.6 Å². The van der Waals surface area contributed by atoms with Crippen LogP contribution >= 0.6 is 23.6 Å². The monoisotopic (exact) mass is 379 g/mol. The van der Waals surface area contributed by atoms with Crippen molar-refractivity contribution in [3.05, 3.63) is 77.3 Å². The molecule has 0 spiro atoms. The molecule has 0 radical (unpaired) electrons. The fourth-order valence-electron chi connectivity index (χ4n) is 2.50. The minimum absolute atomic E-state index is 0.308. The maximum absolute atomic E-state index is 12.7. The van der Waals surface area contributed by atoms with Crippen LogP contribution in [0, 0.1) is 4.77 Å². The molecule has 0 aliphatic rings. The summed E-state index contributed by atoms with van der Waals surface area (Å²) in [7, 11) is 0. The highest BCUT2D eigenvalue weighted by Crippen LogP contribution is 2.26. The highest BCUT2D eigenvalue weighted by Gasteiger charge is 2.16. The Morgan fingerprint density at radius 2 is 1.73 bits per heavy atom. The number of carbonyl (C=O) groups is 1. The second-order valence-electron chi connectivity index (χ2n) is 5.38. The summed E-state index contributed by atoms with van der Waals surface area (Å²) in [6.45, 7) is 0. The summed E-state index contributed by atoms with van der Waals surface area (Å²) in [5, 5.41) is 12.2. The number of nitrogens with one attached hydrogen (secondary N) is 2. The van der Waals surface area contributed by atoms with Gasteiger partial charge in [0.15, 0.2) is 4.77 Å². The maximum atomic E-state index is 12.7. The Balaban J connectivity index is 1.61. The third kappa shape index (κ3) is 3.19. The Kier molecular flexibility index (Phi) is 4.42. The number of imidazole rings is 1. The first kappa shape index (κ1) is 16.4. The quantitative estimate of drug-likeness (QED) is 0.518. The molecule has 6 nitrogen and oxygen atoms in total. The molecule has 26 heavy (non-hydrogen) atoms. The largest absolute Gasteiger partial charge is 0.336 e. The van der Waals surface area contributed by atoms with E-state index in [-0.39, 0.29) is 5.91 Å². The molecule has 0 saturated carbocycles. The zero-order valence-corrected chi connectivity index (χ0v) is 15.1. The first-order chi connectivity index (χ1) is 12.7. The Hall–Kier alpha value is -3.10. The smallest absolute Gasteiger partial charge is 0.276 e. The van der Waals surface area contributed by atoms with Crippen molar-refractivity contribution in [2.24, 2.45) is 0 Å². The molecule has 8 heteroatoms. The molecule has 4 rings (SSSR count). The third-order valence-corrected chi connectivity index (χ3v) is 4.88. The molecule has 0 unspecified atom stereocenters. The lowest BCUT2D eigenvalue weighted by Gasteiger charge is -2.07. The van der Waals surface area contributed by atoms with E-state index in [1.165, 1.54) is 11.3 Å². The molecule has 0 aliphatic carbocycles. The zero-order chi connectivity index (χ0) is 17.9. The van der Waals surface area contributed by atoms with Crippen LogP contribution in [0.25, 0.3) is 16.3 Å². The highest BCUT2D eigenvalue weighted by atomic mass is 32.1. The lowest BCUT2D eigenvalue weighted by atomic mass is 10.2. The first-order valence-electron chi connectivity index (χ1n) is 7.78. The molecular formula is C18H13N5OS2. The Labute approximate surface area is 158 Å². The van der Waals surface area contributed by atoms with Crippen LogP contribution in [-0.2, 0) is 0 Å². The van der Waals surface area contributed by atoms with Crippen LogP contribution in [0.3, 0.4) is 0 Å². The molecule has 2 heterocycles. The average molecular weight is 379 g/mol. The van der Waals surface area contributed by atoms with Crippen LogP contribution in [-0.4, -0.2) is 25.7 Å². The Bertz CT molecular complexity index is 1100. The average Bonchev–Trinajstić information content (AvgIpc) is 3.30. The number of benzene rings is 2. The number of aromatic nitrogens is 4. The summed E-state index contributed by atoms with van der Waals surface area (Å²) in [4.78, 5) is 15.6. The second kappa shape index (κ2) is 7.03. The van der Waals surface area contributed by atoms with Gasteiger partial charge < -0.3 is 4.98 Å². The fourth-order valence-corrected chi connectivity index (χ4v) is 3.51. The molecular weight excluding hydrogens is 366 g/mol. The minimum atomic E-state index is -0.308. The van der Waals surface area contributed by atoms with E-state index in [0.717, 1.165) is 16.3 Å². The molecule has 0 bridgehead atoms. The normalized spacial score (nSPS) is 10.6. The van der Waals surface area contributed by atoms with E-state index >= 15 is 0 Å². The van der Waals surface area contributed by atoms with Gasteiger partial charge in [-0.2, -0.15) is 0 Å². The predicted octanol–water partition coefficient (Wildman–Crippen LogP) is 4.31. The van der Waals surface area contributed by atoms with Crippen LogP contribution < -0.4 is 5.32 Å². The maximum Gasteiger partial charge on any atom is 0.276 e. The SMILES string of the molecule is O=C(Nc1nnc(-c2ccccc2)s1)c1c[nH]c(=S)n1-c1ccccc1. The fraction of sp³-hybridized carbons (Fsp3) is 0. The molecule has 0 atom stereocenters. The number of nitrogens with zero attached hydrogens (tertiary/aromatic N) is 3. The number of amides is 1. The summed E-state index contributed by atoms with van der Waals surface area (Å²) in [6, 6.07) is 19.2. The van der Waals surface area contributed by atoms with Gasteiger partial charge in [-0.05, 0) is 24.4 Å². The molecule has 0 aliphatic heterocycles. The lowest BCUT2D eigenvalue weighted by molar-refractivity contribution is 0.102. The number of rotatable bonds is 4. The van der Waals surface area contributed by atoms with Crippen LogP contribution in [0.2, 0.25) is 0 Å². The van der Waals surface area contributed by atoms with Crippen molar-refractivity contribution in [2.45, 2.75) is 0 Å².